The van der Waals surface area contributed by atoms with Crippen LogP contribution in [0.25, 0.3) is 0 Å². The van der Waals surface area contributed by atoms with Crippen LogP contribution in [0.5, 0.6) is 0 Å². The molecule has 0 bridgehead atoms. The molecule has 1 aromatic heterocycles. The third-order valence-corrected chi connectivity index (χ3v) is 4.75. The molecule has 0 radical (unpaired) electrons. The van der Waals surface area contributed by atoms with Gasteiger partial charge in [0.2, 0.25) is 0 Å². The van der Waals surface area contributed by atoms with Crippen molar-refractivity contribution < 1.29 is 4.79 Å². The molecule has 0 saturated carbocycles. The van der Waals surface area contributed by atoms with Crippen LogP contribution in [-0.4, -0.2) is 24.4 Å². The zero-order valence-corrected chi connectivity index (χ0v) is 14.1. The molecular formula is C16H28N2OS. The summed E-state index contributed by atoms with van der Waals surface area (Å²) in [6.45, 7) is 10.8. The highest BCUT2D eigenvalue weighted by Gasteiger charge is 2.18. The summed E-state index contributed by atoms with van der Waals surface area (Å²) in [5.74, 6) is 0.361. The van der Waals surface area contributed by atoms with E-state index in [2.05, 4.69) is 32.6 Å². The molecule has 3 nitrogen and oxygen atoms in total. The second-order valence-corrected chi connectivity index (χ2v) is 6.38. The highest BCUT2D eigenvalue weighted by atomic mass is 32.1. The Morgan fingerprint density at radius 2 is 1.80 bits per heavy atom. The highest BCUT2D eigenvalue weighted by molar-refractivity contribution is 7.17. The van der Waals surface area contributed by atoms with Crippen molar-refractivity contribution >= 4 is 22.8 Å². The minimum atomic E-state index is 0.361. The summed E-state index contributed by atoms with van der Waals surface area (Å²) in [6, 6.07) is 0. The van der Waals surface area contributed by atoms with E-state index in [0.29, 0.717) is 5.92 Å². The summed E-state index contributed by atoms with van der Waals surface area (Å²) < 4.78 is 0. The van der Waals surface area contributed by atoms with Gasteiger partial charge in [-0.3, -0.25) is 4.79 Å². The second-order valence-electron chi connectivity index (χ2n) is 5.37. The molecule has 1 rings (SSSR count). The molecule has 4 heteroatoms. The Kier molecular flexibility index (Phi) is 7.82. The van der Waals surface area contributed by atoms with E-state index in [1.54, 1.807) is 11.3 Å². The van der Waals surface area contributed by atoms with Gasteiger partial charge >= 0.3 is 0 Å². The zero-order chi connectivity index (χ0) is 15.0. The van der Waals surface area contributed by atoms with Gasteiger partial charge in [-0.15, -0.1) is 0 Å². The van der Waals surface area contributed by atoms with Crippen molar-refractivity contribution in [1.29, 1.82) is 0 Å². The molecular weight excluding hydrogens is 268 g/mol. The Hall–Kier alpha value is -0.900. The molecule has 0 spiro atoms. The van der Waals surface area contributed by atoms with E-state index in [9.17, 15) is 4.79 Å². The predicted molar refractivity (Wildman–Crippen MR) is 88.2 cm³/mol. The number of aromatic nitrogens is 1. The van der Waals surface area contributed by atoms with Crippen molar-refractivity contribution in [3.8, 4) is 0 Å². The van der Waals surface area contributed by atoms with Gasteiger partial charge < -0.3 is 4.90 Å². The number of anilines is 1. The van der Waals surface area contributed by atoms with E-state index in [1.807, 2.05) is 0 Å². The van der Waals surface area contributed by atoms with Crippen molar-refractivity contribution in [2.75, 3.05) is 18.0 Å². The van der Waals surface area contributed by atoms with Crippen LogP contribution in [0.15, 0.2) is 0 Å². The Balaban J connectivity index is 2.94. The van der Waals surface area contributed by atoms with Crippen LogP contribution in [-0.2, 0) is 0 Å². The number of unbranched alkanes of at least 4 members (excludes halogenated alkanes) is 2. The minimum absolute atomic E-state index is 0.361. The first-order chi connectivity index (χ1) is 9.67. The van der Waals surface area contributed by atoms with Crippen LogP contribution in [0.1, 0.15) is 81.1 Å². The number of hydrogen-bond acceptors (Lipinski definition) is 4. The normalized spacial score (nSPS) is 12.4. The summed E-state index contributed by atoms with van der Waals surface area (Å²) in [5, 5.41) is 1.03. The van der Waals surface area contributed by atoms with Crippen LogP contribution in [0, 0.1) is 0 Å². The number of carbonyl (C=O) groups is 1. The number of hydrogen-bond donors (Lipinski definition) is 0. The molecule has 0 aliphatic carbocycles. The van der Waals surface area contributed by atoms with Gasteiger partial charge in [-0.2, -0.15) is 0 Å². The second kappa shape index (κ2) is 9.11. The Morgan fingerprint density at radius 1 is 1.20 bits per heavy atom. The Bertz CT molecular complexity index is 395. The molecule has 0 aromatic carbocycles. The first kappa shape index (κ1) is 17.2. The van der Waals surface area contributed by atoms with Gasteiger partial charge in [-0.05, 0) is 25.2 Å². The molecule has 1 atom stereocenters. The number of aldehydes is 1. The number of carbonyl (C=O) groups excluding carboxylic acids is 1. The first-order valence-corrected chi connectivity index (χ1v) is 8.70. The molecule has 0 amide bonds. The van der Waals surface area contributed by atoms with Crippen molar-refractivity contribution in [1.82, 2.24) is 4.98 Å². The van der Waals surface area contributed by atoms with Crippen molar-refractivity contribution in [3.05, 3.63) is 10.6 Å². The van der Waals surface area contributed by atoms with Crippen LogP contribution in [0.2, 0.25) is 0 Å². The van der Waals surface area contributed by atoms with E-state index in [0.717, 1.165) is 41.5 Å². The zero-order valence-electron chi connectivity index (χ0n) is 13.3. The molecule has 0 aliphatic heterocycles. The molecule has 0 saturated heterocycles. The number of thiazole rings is 1. The topological polar surface area (TPSA) is 33.2 Å². The molecule has 0 aliphatic rings. The van der Waals surface area contributed by atoms with Gasteiger partial charge in [0.1, 0.15) is 0 Å². The van der Waals surface area contributed by atoms with Gasteiger partial charge in [0, 0.05) is 13.1 Å². The predicted octanol–water partition coefficient (Wildman–Crippen LogP) is 4.88. The fourth-order valence-corrected chi connectivity index (χ4v) is 3.15. The minimum Gasteiger partial charge on any atom is -0.348 e. The first-order valence-electron chi connectivity index (χ1n) is 7.88. The highest BCUT2D eigenvalue weighted by Crippen LogP contribution is 2.31. The van der Waals surface area contributed by atoms with Gasteiger partial charge in [-0.1, -0.05) is 51.9 Å². The molecule has 114 valence electrons. The standard InChI is InChI=1S/C16H28N2OS/c1-5-8-10-18(11-9-6-2)16-17-15(13(4)7-3)14(12-19)20-16/h12-13H,5-11H2,1-4H3. The van der Waals surface area contributed by atoms with Crippen LogP contribution < -0.4 is 4.90 Å². The lowest BCUT2D eigenvalue weighted by molar-refractivity contribution is 0.112. The fourth-order valence-electron chi connectivity index (χ4n) is 2.10. The molecule has 0 fully saturated rings. The molecule has 1 heterocycles. The Labute approximate surface area is 127 Å². The summed E-state index contributed by atoms with van der Waals surface area (Å²) in [5.41, 5.74) is 0.987. The van der Waals surface area contributed by atoms with Crippen molar-refractivity contribution in [3.63, 3.8) is 0 Å². The maximum atomic E-state index is 11.3. The number of rotatable bonds is 10. The van der Waals surface area contributed by atoms with Crippen molar-refractivity contribution in [2.45, 2.75) is 65.7 Å². The fraction of sp³-hybridized carbons (Fsp3) is 0.750. The lowest BCUT2D eigenvalue weighted by Gasteiger charge is -2.21. The van der Waals surface area contributed by atoms with Gasteiger partial charge in [0.25, 0.3) is 0 Å². The van der Waals surface area contributed by atoms with E-state index >= 15 is 0 Å². The van der Waals surface area contributed by atoms with E-state index in [1.165, 1.54) is 25.7 Å². The third-order valence-electron chi connectivity index (χ3n) is 3.69. The average Bonchev–Trinajstić information content (AvgIpc) is 2.90. The van der Waals surface area contributed by atoms with E-state index in [4.69, 9.17) is 4.98 Å². The van der Waals surface area contributed by atoms with Crippen LogP contribution in [0.4, 0.5) is 5.13 Å². The SMILES string of the molecule is CCCCN(CCCC)c1nc(C(C)CC)c(C=O)s1. The molecule has 0 N–H and O–H groups in total. The molecule has 1 unspecified atom stereocenters. The quantitative estimate of drug-likeness (QED) is 0.577. The molecule has 20 heavy (non-hydrogen) atoms. The van der Waals surface area contributed by atoms with Crippen molar-refractivity contribution in [2.24, 2.45) is 0 Å². The third kappa shape index (κ3) is 4.58. The maximum Gasteiger partial charge on any atom is 0.186 e. The largest absolute Gasteiger partial charge is 0.348 e. The van der Waals surface area contributed by atoms with Gasteiger partial charge in [-0.25, -0.2) is 4.98 Å². The summed E-state index contributed by atoms with van der Waals surface area (Å²) in [7, 11) is 0. The Morgan fingerprint density at radius 3 is 2.25 bits per heavy atom. The summed E-state index contributed by atoms with van der Waals surface area (Å²) >= 11 is 1.56. The average molecular weight is 296 g/mol. The summed E-state index contributed by atoms with van der Waals surface area (Å²) in [6.07, 6.45) is 6.73. The summed E-state index contributed by atoms with van der Waals surface area (Å²) in [4.78, 5) is 19.2. The van der Waals surface area contributed by atoms with Gasteiger partial charge in [0.15, 0.2) is 11.4 Å². The van der Waals surface area contributed by atoms with E-state index in [-0.39, 0.29) is 0 Å². The number of nitrogens with zero attached hydrogens (tertiary/aromatic N) is 2. The lowest BCUT2D eigenvalue weighted by atomic mass is 10.0. The van der Waals surface area contributed by atoms with E-state index < -0.39 is 0 Å². The van der Waals surface area contributed by atoms with Gasteiger partial charge in [0.05, 0.1) is 10.6 Å². The van der Waals surface area contributed by atoms with Crippen LogP contribution in [0.3, 0.4) is 0 Å². The lowest BCUT2D eigenvalue weighted by Crippen LogP contribution is -2.25. The smallest absolute Gasteiger partial charge is 0.186 e. The molecule has 1 aromatic rings. The van der Waals surface area contributed by atoms with Crippen LogP contribution >= 0.6 is 11.3 Å². The maximum absolute atomic E-state index is 11.3. The monoisotopic (exact) mass is 296 g/mol.